The van der Waals surface area contributed by atoms with E-state index in [0.717, 1.165) is 23.3 Å². The number of nitrogens with two attached hydrogens (primary N) is 1. The number of hydrogen-bond donors (Lipinski definition) is 1. The molecule has 1 aromatic heterocycles. The van der Waals surface area contributed by atoms with Crippen molar-refractivity contribution in [1.82, 2.24) is 4.98 Å². The lowest BCUT2D eigenvalue weighted by atomic mass is 10.1. The second-order valence-corrected chi connectivity index (χ2v) is 3.05. The van der Waals surface area contributed by atoms with Crippen LogP contribution in [-0.4, -0.2) is 11.7 Å². The van der Waals surface area contributed by atoms with Crippen LogP contribution in [0.3, 0.4) is 0 Å². The number of aromatic nitrogens is 1. The van der Waals surface area contributed by atoms with E-state index in [-0.39, 0.29) is 0 Å². The Morgan fingerprint density at radius 2 is 2.40 bits per heavy atom. The van der Waals surface area contributed by atoms with Crippen molar-refractivity contribution in [3.05, 3.63) is 48.1 Å². The van der Waals surface area contributed by atoms with Gasteiger partial charge in [0, 0.05) is 17.5 Å². The highest BCUT2D eigenvalue weighted by Crippen LogP contribution is 2.18. The highest BCUT2D eigenvalue weighted by molar-refractivity contribution is 5.76. The summed E-state index contributed by atoms with van der Waals surface area (Å²) in [6.07, 6.45) is 4.33. The van der Waals surface area contributed by atoms with Crippen molar-refractivity contribution in [2.24, 2.45) is 10.7 Å². The molecule has 15 heavy (non-hydrogen) atoms. The summed E-state index contributed by atoms with van der Waals surface area (Å²) in [5.41, 5.74) is 8.49. The molecule has 0 aliphatic rings. The molecule has 0 radical (unpaired) electrons. The van der Waals surface area contributed by atoms with E-state index in [1.807, 2.05) is 12.1 Å². The molecule has 0 amide bonds. The smallest absolute Gasteiger partial charge is 0.130 e. The molecular weight excluding hydrogens is 186 g/mol. The molecule has 0 saturated carbocycles. The Labute approximate surface area is 90.1 Å². The largest absolute Gasteiger partial charge is 0.383 e. The number of aliphatic imine (C=N–C) groups is 1. The van der Waals surface area contributed by atoms with E-state index in [9.17, 15) is 0 Å². The molecule has 1 heterocycles. The second-order valence-electron chi connectivity index (χ2n) is 3.05. The summed E-state index contributed by atoms with van der Waals surface area (Å²) in [5.74, 6) is 0.387. The van der Waals surface area contributed by atoms with Crippen LogP contribution in [0, 0.1) is 0 Å². The van der Waals surface area contributed by atoms with Gasteiger partial charge in [-0.2, -0.15) is 0 Å². The van der Waals surface area contributed by atoms with Gasteiger partial charge in [-0.25, -0.2) is 4.99 Å². The minimum atomic E-state index is 0.387. The van der Waals surface area contributed by atoms with E-state index >= 15 is 0 Å². The molecule has 0 aromatic carbocycles. The first kappa shape index (κ1) is 11.2. The highest BCUT2D eigenvalue weighted by Gasteiger charge is 2.03. The molecule has 0 unspecified atom stereocenters. The van der Waals surface area contributed by atoms with Crippen molar-refractivity contribution in [3.63, 3.8) is 0 Å². The fourth-order valence-corrected chi connectivity index (χ4v) is 1.29. The van der Waals surface area contributed by atoms with Gasteiger partial charge >= 0.3 is 0 Å². The van der Waals surface area contributed by atoms with Gasteiger partial charge in [-0.05, 0) is 30.8 Å². The number of rotatable bonds is 4. The van der Waals surface area contributed by atoms with E-state index in [0.29, 0.717) is 5.82 Å². The van der Waals surface area contributed by atoms with Crippen LogP contribution in [-0.2, 0) is 6.42 Å². The first-order chi connectivity index (χ1) is 7.22. The maximum absolute atomic E-state index is 5.71. The molecule has 3 heteroatoms. The molecule has 0 saturated heterocycles. The second kappa shape index (κ2) is 5.10. The normalized spacial score (nSPS) is 11.8. The fraction of sp³-hybridized carbons (Fsp3) is 0.167. The molecule has 0 aliphatic carbocycles. The average molecular weight is 201 g/mol. The highest BCUT2D eigenvalue weighted by atomic mass is 14.9. The van der Waals surface area contributed by atoms with E-state index in [4.69, 9.17) is 5.73 Å². The molecule has 0 fully saturated rings. The maximum atomic E-state index is 5.71. The quantitative estimate of drug-likeness (QED) is 0.599. The topological polar surface area (TPSA) is 51.3 Å². The lowest BCUT2D eigenvalue weighted by molar-refractivity contribution is 1.03. The van der Waals surface area contributed by atoms with Crippen LogP contribution in [0.15, 0.2) is 41.8 Å². The molecule has 0 bridgehead atoms. The van der Waals surface area contributed by atoms with Crippen LogP contribution in [0.1, 0.15) is 18.2 Å². The first-order valence-corrected chi connectivity index (χ1v) is 4.77. The zero-order valence-corrected chi connectivity index (χ0v) is 8.90. The summed E-state index contributed by atoms with van der Waals surface area (Å²) >= 11 is 0. The van der Waals surface area contributed by atoms with Gasteiger partial charge in [0.15, 0.2) is 0 Å². The van der Waals surface area contributed by atoms with Crippen LogP contribution < -0.4 is 5.73 Å². The van der Waals surface area contributed by atoms with Gasteiger partial charge in [-0.15, -0.1) is 0 Å². The molecule has 1 aromatic rings. The molecule has 3 nitrogen and oxygen atoms in total. The van der Waals surface area contributed by atoms with Crippen molar-refractivity contribution in [2.75, 3.05) is 0 Å². The minimum Gasteiger partial charge on any atom is -0.383 e. The number of hydrogen-bond acceptors (Lipinski definition) is 3. The van der Waals surface area contributed by atoms with E-state index in [2.05, 4.69) is 30.2 Å². The van der Waals surface area contributed by atoms with Crippen molar-refractivity contribution < 1.29 is 0 Å². The summed E-state index contributed by atoms with van der Waals surface area (Å²) in [4.78, 5) is 7.92. The Kier molecular flexibility index (Phi) is 3.80. The van der Waals surface area contributed by atoms with Crippen molar-refractivity contribution >= 4 is 12.3 Å². The van der Waals surface area contributed by atoms with Gasteiger partial charge in [0.1, 0.15) is 5.82 Å². The lowest BCUT2D eigenvalue weighted by Gasteiger charge is -2.05. The summed E-state index contributed by atoms with van der Waals surface area (Å²) in [6.45, 7) is 9.17. The molecule has 0 aliphatic heterocycles. The maximum Gasteiger partial charge on any atom is 0.130 e. The Morgan fingerprint density at radius 1 is 1.67 bits per heavy atom. The zero-order valence-electron chi connectivity index (χ0n) is 8.90. The van der Waals surface area contributed by atoms with Gasteiger partial charge in [-0.3, -0.25) is 4.98 Å². The fourth-order valence-electron chi connectivity index (χ4n) is 1.29. The molecule has 0 spiro atoms. The standard InChI is InChI=1S/C12H15N3/c1-4-10-8-9(6-7-15-10)11(5-2)12(13)14-3/h5-8H,2-4,13H2,1H3/b12-11+. The van der Waals surface area contributed by atoms with Gasteiger partial charge in [0.25, 0.3) is 0 Å². The lowest BCUT2D eigenvalue weighted by Crippen LogP contribution is -1.98. The monoisotopic (exact) mass is 201 g/mol. The van der Waals surface area contributed by atoms with Gasteiger partial charge in [-0.1, -0.05) is 19.6 Å². The number of pyridine rings is 1. The summed E-state index contributed by atoms with van der Waals surface area (Å²) in [7, 11) is 0. The average Bonchev–Trinajstić information content (AvgIpc) is 2.30. The third-order valence-corrected chi connectivity index (χ3v) is 2.14. The van der Waals surface area contributed by atoms with Crippen molar-refractivity contribution in [3.8, 4) is 0 Å². The first-order valence-electron chi connectivity index (χ1n) is 4.77. The Morgan fingerprint density at radius 3 is 2.93 bits per heavy atom. The van der Waals surface area contributed by atoms with Gasteiger partial charge in [0.05, 0.1) is 0 Å². The van der Waals surface area contributed by atoms with E-state index in [1.54, 1.807) is 12.3 Å². The Hall–Kier alpha value is -1.90. The Bertz CT molecular complexity index is 405. The van der Waals surface area contributed by atoms with E-state index < -0.39 is 0 Å². The molecule has 0 atom stereocenters. The molecular formula is C12H15N3. The van der Waals surface area contributed by atoms with Crippen LogP contribution in [0.25, 0.3) is 5.57 Å². The van der Waals surface area contributed by atoms with E-state index in [1.165, 1.54) is 0 Å². The van der Waals surface area contributed by atoms with Crippen LogP contribution >= 0.6 is 0 Å². The molecule has 2 N–H and O–H groups in total. The molecule has 1 rings (SSSR count). The van der Waals surface area contributed by atoms with Crippen molar-refractivity contribution in [1.29, 1.82) is 0 Å². The number of aryl methyl sites for hydroxylation is 1. The summed E-state index contributed by atoms with van der Waals surface area (Å²) in [5, 5.41) is 0. The third-order valence-electron chi connectivity index (χ3n) is 2.14. The predicted octanol–water partition coefficient (Wildman–Crippen LogP) is 2.16. The number of allylic oxidation sites excluding steroid dienone is 2. The Balaban J connectivity index is 3.24. The predicted molar refractivity (Wildman–Crippen MR) is 64.5 cm³/mol. The number of nitrogens with zero attached hydrogens (tertiary/aromatic N) is 2. The minimum absolute atomic E-state index is 0.387. The summed E-state index contributed by atoms with van der Waals surface area (Å²) in [6, 6.07) is 3.86. The van der Waals surface area contributed by atoms with Crippen LogP contribution in [0.5, 0.6) is 0 Å². The van der Waals surface area contributed by atoms with Crippen molar-refractivity contribution in [2.45, 2.75) is 13.3 Å². The van der Waals surface area contributed by atoms with Crippen LogP contribution in [0.2, 0.25) is 0 Å². The molecule has 78 valence electrons. The zero-order chi connectivity index (χ0) is 11.3. The summed E-state index contributed by atoms with van der Waals surface area (Å²) < 4.78 is 0. The van der Waals surface area contributed by atoms with Gasteiger partial charge in [0.2, 0.25) is 0 Å². The van der Waals surface area contributed by atoms with Gasteiger partial charge < -0.3 is 5.73 Å². The SMILES string of the molecule is C=C/C(=C(/N)N=C)c1ccnc(CC)c1. The van der Waals surface area contributed by atoms with Crippen LogP contribution in [0.4, 0.5) is 0 Å². The third kappa shape index (κ3) is 2.53.